The van der Waals surface area contributed by atoms with Gasteiger partial charge in [-0.15, -0.1) is 11.3 Å². The second-order valence-electron chi connectivity index (χ2n) is 10.1. The second-order valence-corrected chi connectivity index (χ2v) is 11.8. The van der Waals surface area contributed by atoms with Crippen molar-refractivity contribution in [3.63, 3.8) is 0 Å². The number of imide groups is 1. The maximum atomic E-state index is 13.4. The molecule has 36 heavy (non-hydrogen) atoms. The van der Waals surface area contributed by atoms with Gasteiger partial charge >= 0.3 is 6.03 Å². The van der Waals surface area contributed by atoms with Crippen molar-refractivity contribution in [1.29, 1.82) is 0 Å². The summed E-state index contributed by atoms with van der Waals surface area (Å²) in [6.07, 6.45) is 4.00. The Labute approximate surface area is 219 Å². The highest BCUT2D eigenvalue weighted by atomic mass is 35.5. The number of hydrogen-bond acceptors (Lipinski definition) is 6. The maximum absolute atomic E-state index is 13.4. The van der Waals surface area contributed by atoms with E-state index in [1.54, 1.807) is 17.0 Å². The molecule has 8 nitrogen and oxygen atoms in total. The second kappa shape index (κ2) is 9.45. The SMILES string of the molecule is O=C(N[C@@H]1CCN2C(=O)N(c3ccc(C4(CCN5CCOCC5)CC4)cc3)C(=O)[C@H]12)c1ccc(Cl)s1. The number of thiophene rings is 1. The van der Waals surface area contributed by atoms with Gasteiger partial charge in [0.25, 0.3) is 11.8 Å². The van der Waals surface area contributed by atoms with E-state index in [0.717, 1.165) is 39.3 Å². The standard InChI is InChI=1S/C26H29ClN4O4S/c27-21-6-5-20(36-21)23(32)28-19-7-11-30-22(19)24(33)31(25(30)34)18-3-1-17(2-4-18)26(8-9-26)10-12-29-13-15-35-16-14-29/h1-6,19,22H,7-16H2,(H,28,32)/t19-,22+/m1/s1. The minimum absolute atomic E-state index is 0.204. The molecule has 1 saturated carbocycles. The van der Waals surface area contributed by atoms with Crippen LogP contribution in [0, 0.1) is 0 Å². The Kier molecular flexibility index (Phi) is 6.27. The highest BCUT2D eigenvalue weighted by Crippen LogP contribution is 2.51. The van der Waals surface area contributed by atoms with Crippen molar-refractivity contribution in [2.75, 3.05) is 44.3 Å². The molecule has 2 aromatic rings. The zero-order valence-corrected chi connectivity index (χ0v) is 21.5. The number of benzene rings is 1. The zero-order valence-electron chi connectivity index (χ0n) is 20.0. The van der Waals surface area contributed by atoms with Crippen molar-refractivity contribution in [3.8, 4) is 0 Å². The highest BCUT2D eigenvalue weighted by Gasteiger charge is 2.53. The topological polar surface area (TPSA) is 82.2 Å². The third kappa shape index (κ3) is 4.32. The molecule has 10 heteroatoms. The van der Waals surface area contributed by atoms with Crippen molar-refractivity contribution in [2.24, 2.45) is 0 Å². The summed E-state index contributed by atoms with van der Waals surface area (Å²) in [7, 11) is 0. The first kappa shape index (κ1) is 23.9. The quantitative estimate of drug-likeness (QED) is 0.556. The predicted octanol–water partition coefficient (Wildman–Crippen LogP) is 3.49. The Balaban J connectivity index is 1.13. The molecule has 4 amide bonds. The summed E-state index contributed by atoms with van der Waals surface area (Å²) >= 11 is 7.15. The van der Waals surface area contributed by atoms with Crippen molar-refractivity contribution < 1.29 is 19.1 Å². The number of morpholine rings is 1. The lowest BCUT2D eigenvalue weighted by Gasteiger charge is -2.28. The molecule has 4 aliphatic rings. The largest absolute Gasteiger partial charge is 0.379 e. The van der Waals surface area contributed by atoms with Crippen LogP contribution < -0.4 is 10.2 Å². The Morgan fingerprint density at radius 2 is 1.83 bits per heavy atom. The number of ether oxygens (including phenoxy) is 1. The van der Waals surface area contributed by atoms with Crippen molar-refractivity contribution >= 4 is 46.5 Å². The predicted molar refractivity (Wildman–Crippen MR) is 138 cm³/mol. The Hall–Kier alpha value is -2.46. The summed E-state index contributed by atoms with van der Waals surface area (Å²) in [6.45, 7) is 5.11. The van der Waals surface area contributed by atoms with Gasteiger partial charge in [-0.3, -0.25) is 14.5 Å². The Bertz CT molecular complexity index is 1170. The molecule has 1 aromatic heterocycles. The molecule has 3 saturated heterocycles. The Morgan fingerprint density at radius 1 is 1.08 bits per heavy atom. The molecule has 0 spiro atoms. The van der Waals surface area contributed by atoms with Crippen LogP contribution in [-0.2, 0) is 14.9 Å². The van der Waals surface area contributed by atoms with Crippen LogP contribution in [0.15, 0.2) is 36.4 Å². The van der Waals surface area contributed by atoms with E-state index in [0.29, 0.717) is 27.9 Å². The van der Waals surface area contributed by atoms with E-state index in [1.165, 1.54) is 34.6 Å². The molecule has 0 unspecified atom stereocenters. The summed E-state index contributed by atoms with van der Waals surface area (Å²) in [4.78, 5) is 45.0. The van der Waals surface area contributed by atoms with E-state index < -0.39 is 12.1 Å². The monoisotopic (exact) mass is 528 g/mol. The average Bonchev–Trinajstić information content (AvgIpc) is 3.23. The van der Waals surface area contributed by atoms with Gasteiger partial charge in [-0.05, 0) is 67.5 Å². The minimum atomic E-state index is -0.681. The number of amides is 4. The van der Waals surface area contributed by atoms with E-state index in [-0.39, 0.29) is 23.3 Å². The smallest absolute Gasteiger partial charge is 0.332 e. The summed E-state index contributed by atoms with van der Waals surface area (Å²) in [6, 6.07) is 9.85. The van der Waals surface area contributed by atoms with Crippen molar-refractivity contribution in [2.45, 2.75) is 43.2 Å². The molecule has 3 aliphatic heterocycles. The number of urea groups is 1. The molecule has 2 atom stereocenters. The van der Waals surface area contributed by atoms with E-state index in [4.69, 9.17) is 16.3 Å². The van der Waals surface area contributed by atoms with Gasteiger partial charge in [0.15, 0.2) is 0 Å². The summed E-state index contributed by atoms with van der Waals surface area (Å²) in [5, 5.41) is 2.94. The molecule has 0 bridgehead atoms. The maximum Gasteiger partial charge on any atom is 0.332 e. The first-order valence-corrected chi connectivity index (χ1v) is 13.8. The van der Waals surface area contributed by atoms with Crippen LogP contribution in [-0.4, -0.2) is 79.1 Å². The van der Waals surface area contributed by atoms with E-state index in [2.05, 4.69) is 22.3 Å². The van der Waals surface area contributed by atoms with Gasteiger partial charge in [0.05, 0.1) is 34.2 Å². The lowest BCUT2D eigenvalue weighted by molar-refractivity contribution is -0.119. The molecule has 1 aliphatic carbocycles. The fourth-order valence-corrected chi connectivity index (χ4v) is 6.67. The van der Waals surface area contributed by atoms with Gasteiger partial charge in [-0.2, -0.15) is 0 Å². The third-order valence-electron chi connectivity index (χ3n) is 8.02. The summed E-state index contributed by atoms with van der Waals surface area (Å²) in [5.74, 6) is -0.554. The number of carbonyl (C=O) groups is 3. The van der Waals surface area contributed by atoms with Crippen LogP contribution in [0.4, 0.5) is 10.5 Å². The Morgan fingerprint density at radius 3 is 2.50 bits per heavy atom. The van der Waals surface area contributed by atoms with Crippen LogP contribution in [0.25, 0.3) is 0 Å². The van der Waals surface area contributed by atoms with Crippen LogP contribution >= 0.6 is 22.9 Å². The molecule has 0 radical (unpaired) electrons. The third-order valence-corrected chi connectivity index (χ3v) is 9.25. The van der Waals surface area contributed by atoms with Gasteiger partial charge in [0, 0.05) is 19.6 Å². The molecule has 4 fully saturated rings. The molecular weight excluding hydrogens is 500 g/mol. The molecule has 6 rings (SSSR count). The van der Waals surface area contributed by atoms with Gasteiger partial charge < -0.3 is 15.0 Å². The van der Waals surface area contributed by atoms with Crippen LogP contribution in [0.2, 0.25) is 4.34 Å². The number of anilines is 1. The van der Waals surface area contributed by atoms with Gasteiger partial charge in [-0.1, -0.05) is 23.7 Å². The average molecular weight is 529 g/mol. The van der Waals surface area contributed by atoms with Gasteiger partial charge in [-0.25, -0.2) is 9.69 Å². The number of nitrogens with one attached hydrogen (secondary N) is 1. The van der Waals surface area contributed by atoms with E-state index >= 15 is 0 Å². The fourth-order valence-electron chi connectivity index (χ4n) is 5.73. The van der Waals surface area contributed by atoms with Crippen LogP contribution in [0.1, 0.15) is 40.9 Å². The van der Waals surface area contributed by atoms with Crippen LogP contribution in [0.5, 0.6) is 0 Å². The number of carbonyl (C=O) groups excluding carboxylic acids is 3. The minimum Gasteiger partial charge on any atom is -0.379 e. The molecule has 1 aromatic carbocycles. The lowest BCUT2D eigenvalue weighted by atomic mass is 9.92. The number of nitrogens with zero attached hydrogens (tertiary/aromatic N) is 3. The van der Waals surface area contributed by atoms with Gasteiger partial charge in [0.1, 0.15) is 6.04 Å². The fraction of sp³-hybridized carbons (Fsp3) is 0.500. The number of rotatable bonds is 7. The van der Waals surface area contributed by atoms with Gasteiger partial charge in [0.2, 0.25) is 0 Å². The first-order valence-electron chi connectivity index (χ1n) is 12.6. The van der Waals surface area contributed by atoms with Crippen molar-refractivity contribution in [3.05, 3.63) is 51.2 Å². The molecule has 190 valence electrons. The number of fused-ring (bicyclic) bond motifs is 1. The normalized spacial score (nSPS) is 25.4. The van der Waals surface area contributed by atoms with E-state index in [9.17, 15) is 14.4 Å². The highest BCUT2D eigenvalue weighted by molar-refractivity contribution is 7.18. The lowest BCUT2D eigenvalue weighted by Crippen LogP contribution is -2.46. The van der Waals surface area contributed by atoms with E-state index in [1.807, 2.05) is 12.1 Å². The summed E-state index contributed by atoms with van der Waals surface area (Å²) < 4.78 is 5.99. The number of hydrogen-bond donors (Lipinski definition) is 1. The molecular formula is C26H29ClN4O4S. The first-order chi connectivity index (χ1) is 17.4. The number of halogens is 1. The zero-order chi connectivity index (χ0) is 24.9. The van der Waals surface area contributed by atoms with Crippen molar-refractivity contribution in [1.82, 2.24) is 15.1 Å². The summed E-state index contributed by atoms with van der Waals surface area (Å²) in [5.41, 5.74) is 2.07. The molecule has 4 heterocycles. The molecule has 1 N–H and O–H groups in total. The van der Waals surface area contributed by atoms with Crippen LogP contribution in [0.3, 0.4) is 0 Å².